The second kappa shape index (κ2) is 8.89. The molecule has 1 amide bonds. The smallest absolute Gasteiger partial charge is 0.247 e. The van der Waals surface area contributed by atoms with E-state index >= 15 is 0 Å². The fourth-order valence-electron chi connectivity index (χ4n) is 3.49. The summed E-state index contributed by atoms with van der Waals surface area (Å²) in [6, 6.07) is 8.89. The van der Waals surface area contributed by atoms with Crippen molar-refractivity contribution in [2.24, 2.45) is 7.05 Å². The number of rotatable bonds is 4. The molecule has 1 fully saturated rings. The normalized spacial score (nSPS) is 16.5. The molecule has 4 rings (SSSR count). The van der Waals surface area contributed by atoms with Crippen molar-refractivity contribution in [2.45, 2.75) is 6.04 Å². The van der Waals surface area contributed by atoms with Crippen LogP contribution in [0.25, 0.3) is 6.08 Å². The second-order valence-electron chi connectivity index (χ2n) is 6.88. The van der Waals surface area contributed by atoms with Crippen molar-refractivity contribution in [2.75, 3.05) is 24.5 Å². The second-order valence-corrected chi connectivity index (χ2v) is 7.32. The molecule has 1 aliphatic rings. The summed E-state index contributed by atoms with van der Waals surface area (Å²) in [5, 5.41) is 21.7. The Kier molecular flexibility index (Phi) is 5.86. The quantitative estimate of drug-likeness (QED) is 0.567. The van der Waals surface area contributed by atoms with E-state index in [9.17, 15) is 10.1 Å². The molecule has 11 heteroatoms. The molecule has 0 bridgehead atoms. The molecule has 1 aliphatic heterocycles. The number of aromatic nitrogens is 6. The van der Waals surface area contributed by atoms with Gasteiger partial charge in [0.15, 0.2) is 17.3 Å². The molecule has 31 heavy (non-hydrogen) atoms. The lowest BCUT2D eigenvalue weighted by molar-refractivity contribution is -0.129. The Morgan fingerprint density at radius 2 is 2.13 bits per heavy atom. The van der Waals surface area contributed by atoms with Crippen molar-refractivity contribution in [1.82, 2.24) is 35.1 Å². The monoisotopic (exact) mass is 435 g/mol. The van der Waals surface area contributed by atoms with Gasteiger partial charge in [0, 0.05) is 50.2 Å². The lowest BCUT2D eigenvalue weighted by Gasteiger charge is -2.40. The highest BCUT2D eigenvalue weighted by Gasteiger charge is 2.35. The first-order valence-corrected chi connectivity index (χ1v) is 9.87. The van der Waals surface area contributed by atoms with Crippen molar-refractivity contribution in [3.05, 3.63) is 64.8 Å². The Bertz CT molecular complexity index is 1170. The molecule has 1 saturated heterocycles. The third kappa shape index (κ3) is 4.36. The van der Waals surface area contributed by atoms with Crippen LogP contribution in [-0.2, 0) is 11.8 Å². The van der Waals surface area contributed by atoms with E-state index in [4.69, 9.17) is 11.6 Å². The summed E-state index contributed by atoms with van der Waals surface area (Å²) in [7, 11) is 1.72. The highest BCUT2D eigenvalue weighted by molar-refractivity contribution is 6.30. The van der Waals surface area contributed by atoms with Gasteiger partial charge in [-0.15, -0.1) is 5.10 Å². The van der Waals surface area contributed by atoms with Crippen LogP contribution in [0.15, 0.2) is 42.7 Å². The van der Waals surface area contributed by atoms with Crippen LogP contribution in [-0.4, -0.2) is 60.6 Å². The molecule has 1 aromatic carbocycles. The molecule has 3 aromatic rings. The zero-order valence-electron chi connectivity index (χ0n) is 16.6. The van der Waals surface area contributed by atoms with Crippen molar-refractivity contribution >= 4 is 29.4 Å². The number of hydrogen-bond donors (Lipinski definition) is 0. The summed E-state index contributed by atoms with van der Waals surface area (Å²) < 4.78 is 1.54. The third-order valence-corrected chi connectivity index (χ3v) is 5.20. The minimum atomic E-state index is -0.432. The fourth-order valence-corrected chi connectivity index (χ4v) is 3.69. The topological polar surface area (TPSA) is 117 Å². The number of nitriles is 1. The number of amides is 1. The van der Waals surface area contributed by atoms with Gasteiger partial charge in [0.25, 0.3) is 0 Å². The van der Waals surface area contributed by atoms with Crippen LogP contribution in [0.2, 0.25) is 5.02 Å². The van der Waals surface area contributed by atoms with E-state index < -0.39 is 6.04 Å². The summed E-state index contributed by atoms with van der Waals surface area (Å²) in [6.45, 7) is 1.27. The fraction of sp³-hybridized carbons (Fsp3) is 0.250. The van der Waals surface area contributed by atoms with Gasteiger partial charge < -0.3 is 9.80 Å². The molecule has 1 atom stereocenters. The van der Waals surface area contributed by atoms with Gasteiger partial charge in [0.05, 0.1) is 0 Å². The zero-order valence-corrected chi connectivity index (χ0v) is 17.4. The van der Waals surface area contributed by atoms with Gasteiger partial charge in [-0.05, 0) is 34.2 Å². The lowest BCUT2D eigenvalue weighted by atomic mass is 10.1. The Morgan fingerprint density at radius 1 is 1.29 bits per heavy atom. The number of halogens is 1. The Balaban J connectivity index is 1.61. The summed E-state index contributed by atoms with van der Waals surface area (Å²) in [5.74, 6) is 0.843. The van der Waals surface area contributed by atoms with Crippen molar-refractivity contribution in [1.29, 1.82) is 5.26 Å². The summed E-state index contributed by atoms with van der Waals surface area (Å²) >= 11 is 6.02. The largest absolute Gasteiger partial charge is 0.350 e. The highest BCUT2D eigenvalue weighted by atomic mass is 35.5. The average Bonchev–Trinajstić information content (AvgIpc) is 3.22. The van der Waals surface area contributed by atoms with E-state index in [-0.39, 0.29) is 11.6 Å². The van der Waals surface area contributed by atoms with E-state index in [1.54, 1.807) is 36.4 Å². The van der Waals surface area contributed by atoms with E-state index in [1.807, 2.05) is 17.0 Å². The maximum absolute atomic E-state index is 13.1. The van der Waals surface area contributed by atoms with Crippen LogP contribution in [0.1, 0.15) is 23.1 Å². The predicted octanol–water partition coefficient (Wildman–Crippen LogP) is 1.63. The van der Waals surface area contributed by atoms with Crippen molar-refractivity contribution in [3.63, 3.8) is 0 Å². The number of carbonyl (C=O) groups excluding carboxylic acids is 1. The molecule has 0 radical (unpaired) electrons. The van der Waals surface area contributed by atoms with Crippen molar-refractivity contribution < 1.29 is 4.79 Å². The number of nitrogens with zero attached hydrogens (tertiary/aromatic N) is 9. The zero-order chi connectivity index (χ0) is 21.8. The van der Waals surface area contributed by atoms with E-state index in [0.29, 0.717) is 36.3 Å². The molecule has 10 nitrogen and oxygen atoms in total. The summed E-state index contributed by atoms with van der Waals surface area (Å²) in [4.78, 5) is 25.1. The van der Waals surface area contributed by atoms with Crippen LogP contribution in [0.3, 0.4) is 0 Å². The highest BCUT2D eigenvalue weighted by Crippen LogP contribution is 2.27. The first-order valence-electron chi connectivity index (χ1n) is 9.49. The molecular weight excluding hydrogens is 418 g/mol. The van der Waals surface area contributed by atoms with Gasteiger partial charge >= 0.3 is 0 Å². The molecule has 2 aromatic heterocycles. The number of anilines is 1. The first kappa shape index (κ1) is 20.4. The SMILES string of the molecule is Cn1nnnc1C1CN(c2nccnc2C#N)CCN1C(=O)C=Cc1cccc(Cl)c1. The standard InChI is InChI=1S/C20H18ClN9O/c1-28-20(25-26-27-28)17-13-29(19-16(12-22)23-7-8-24-19)9-10-30(17)18(31)6-5-14-3-2-4-15(21)11-14/h2-8,11,17H,9-10,13H2,1H3. The van der Waals surface area contributed by atoms with Crippen LogP contribution in [0.5, 0.6) is 0 Å². The molecule has 1 unspecified atom stereocenters. The van der Waals surface area contributed by atoms with Gasteiger partial charge in [-0.3, -0.25) is 4.79 Å². The molecule has 0 N–H and O–H groups in total. The molecule has 156 valence electrons. The van der Waals surface area contributed by atoms with Gasteiger partial charge in [0.1, 0.15) is 12.1 Å². The third-order valence-electron chi connectivity index (χ3n) is 4.97. The minimum Gasteiger partial charge on any atom is -0.350 e. The van der Waals surface area contributed by atoms with Crippen molar-refractivity contribution in [3.8, 4) is 6.07 Å². The number of aryl methyl sites for hydroxylation is 1. The number of tetrazole rings is 1. The Morgan fingerprint density at radius 3 is 2.87 bits per heavy atom. The van der Waals surface area contributed by atoms with Gasteiger partial charge in [-0.1, -0.05) is 23.7 Å². The van der Waals surface area contributed by atoms with Crippen LogP contribution in [0, 0.1) is 11.3 Å². The van der Waals surface area contributed by atoms with E-state index in [1.165, 1.54) is 17.0 Å². The number of hydrogen-bond acceptors (Lipinski definition) is 8. The minimum absolute atomic E-state index is 0.174. The number of benzene rings is 1. The van der Waals surface area contributed by atoms with E-state index in [2.05, 4.69) is 31.6 Å². The number of carbonyl (C=O) groups is 1. The van der Waals surface area contributed by atoms with Gasteiger partial charge in [-0.25, -0.2) is 14.6 Å². The average molecular weight is 436 g/mol. The van der Waals surface area contributed by atoms with E-state index in [0.717, 1.165) is 5.56 Å². The first-order chi connectivity index (χ1) is 15.1. The van der Waals surface area contributed by atoms with Gasteiger partial charge in [0.2, 0.25) is 5.91 Å². The summed E-state index contributed by atoms with van der Waals surface area (Å²) in [5.41, 5.74) is 1.06. The maximum Gasteiger partial charge on any atom is 0.247 e. The molecule has 0 spiro atoms. The molecule has 3 heterocycles. The van der Waals surface area contributed by atoms with Gasteiger partial charge in [-0.2, -0.15) is 5.26 Å². The maximum atomic E-state index is 13.1. The Hall–Kier alpha value is -3.84. The summed E-state index contributed by atoms with van der Waals surface area (Å²) in [6.07, 6.45) is 6.26. The van der Waals surface area contributed by atoms with Crippen LogP contribution < -0.4 is 4.90 Å². The number of piperazine rings is 1. The predicted molar refractivity (Wildman–Crippen MR) is 113 cm³/mol. The Labute approximate surface area is 183 Å². The van der Waals surface area contributed by atoms with Crippen LogP contribution in [0.4, 0.5) is 5.82 Å². The van der Waals surface area contributed by atoms with Crippen LogP contribution >= 0.6 is 11.6 Å². The molecule has 0 saturated carbocycles. The molecular formula is C20H18ClN9O. The lowest BCUT2D eigenvalue weighted by Crippen LogP contribution is -2.51. The molecule has 0 aliphatic carbocycles.